The molecule has 1 rings (SSSR count). The van der Waals surface area contributed by atoms with Crippen molar-refractivity contribution >= 4 is 11.7 Å². The largest absolute Gasteiger partial charge is 0.460 e. The van der Waals surface area contributed by atoms with Gasteiger partial charge in [-0.3, -0.25) is 0 Å². The van der Waals surface area contributed by atoms with E-state index in [-0.39, 0.29) is 12.6 Å². The highest BCUT2D eigenvalue weighted by Crippen LogP contribution is 2.11. The Kier molecular flexibility index (Phi) is 24.3. The van der Waals surface area contributed by atoms with Crippen LogP contribution in [0.4, 0.5) is 5.69 Å². The van der Waals surface area contributed by atoms with Crippen molar-refractivity contribution in [1.82, 2.24) is 0 Å². The fourth-order valence-corrected chi connectivity index (χ4v) is 3.86. The number of anilines is 1. The molecule has 0 atom stereocenters. The summed E-state index contributed by atoms with van der Waals surface area (Å²) >= 11 is 0. The Morgan fingerprint density at radius 3 is 1.53 bits per heavy atom. The fraction of sp³-hybridized carbons (Fsp3) is 0.774. The third-order valence-corrected chi connectivity index (χ3v) is 6.20. The lowest BCUT2D eigenvalue weighted by Crippen LogP contribution is -2.14. The van der Waals surface area contributed by atoms with Crippen LogP contribution in [-0.2, 0) is 23.7 Å². The van der Waals surface area contributed by atoms with E-state index in [2.05, 4.69) is 19.2 Å². The number of hydrogen-bond acceptors (Lipinski definition) is 7. The van der Waals surface area contributed by atoms with Gasteiger partial charge in [0.2, 0.25) is 0 Å². The second-order valence-corrected chi connectivity index (χ2v) is 9.63. The normalized spacial score (nSPS) is 11.1. The van der Waals surface area contributed by atoms with Gasteiger partial charge in [-0.2, -0.15) is 0 Å². The molecule has 0 aliphatic carbocycles. The van der Waals surface area contributed by atoms with E-state index in [4.69, 9.17) is 23.7 Å². The number of esters is 1. The Morgan fingerprint density at radius 1 is 0.553 bits per heavy atom. The summed E-state index contributed by atoms with van der Waals surface area (Å²) in [6.45, 7) is 10.0. The van der Waals surface area contributed by atoms with Crippen molar-refractivity contribution in [3.05, 3.63) is 29.8 Å². The van der Waals surface area contributed by atoms with Gasteiger partial charge in [-0.1, -0.05) is 78.1 Å². The van der Waals surface area contributed by atoms with E-state index >= 15 is 0 Å². The second kappa shape index (κ2) is 26.9. The zero-order chi connectivity index (χ0) is 27.4. The van der Waals surface area contributed by atoms with Gasteiger partial charge < -0.3 is 29.0 Å². The van der Waals surface area contributed by atoms with Crippen LogP contribution in [-0.4, -0.2) is 72.0 Å². The van der Waals surface area contributed by atoms with Crippen molar-refractivity contribution in [2.75, 3.05) is 71.3 Å². The fourth-order valence-electron chi connectivity index (χ4n) is 3.86. The highest BCUT2D eigenvalue weighted by atomic mass is 16.6. The summed E-state index contributed by atoms with van der Waals surface area (Å²) in [6.07, 6.45) is 15.7. The van der Waals surface area contributed by atoms with Gasteiger partial charge in [0.25, 0.3) is 0 Å². The quantitative estimate of drug-likeness (QED) is 0.0907. The molecule has 1 aromatic carbocycles. The average Bonchev–Trinajstić information content (AvgIpc) is 2.94. The molecule has 0 saturated heterocycles. The summed E-state index contributed by atoms with van der Waals surface area (Å²) in [5.41, 5.74) is 1.55. The molecule has 0 aliphatic heterocycles. The van der Waals surface area contributed by atoms with Crippen molar-refractivity contribution in [2.45, 2.75) is 90.9 Å². The number of ether oxygens (including phenoxy) is 5. The molecule has 0 bridgehead atoms. The van der Waals surface area contributed by atoms with Gasteiger partial charge in [-0.05, 0) is 37.1 Å². The van der Waals surface area contributed by atoms with E-state index in [0.29, 0.717) is 51.8 Å². The Balaban J connectivity index is 1.78. The van der Waals surface area contributed by atoms with Crippen LogP contribution in [0.2, 0.25) is 0 Å². The maximum atomic E-state index is 12.1. The molecule has 0 saturated carbocycles. The molecule has 7 nitrogen and oxygen atoms in total. The predicted molar refractivity (Wildman–Crippen MR) is 155 cm³/mol. The van der Waals surface area contributed by atoms with Crippen LogP contribution in [0.5, 0.6) is 0 Å². The maximum absolute atomic E-state index is 12.1. The number of nitrogens with one attached hydrogen (secondary N) is 1. The van der Waals surface area contributed by atoms with Crippen molar-refractivity contribution in [3.63, 3.8) is 0 Å². The smallest absolute Gasteiger partial charge is 0.338 e. The third-order valence-electron chi connectivity index (χ3n) is 6.20. The zero-order valence-electron chi connectivity index (χ0n) is 24.3. The topological polar surface area (TPSA) is 75.2 Å². The predicted octanol–water partition coefficient (Wildman–Crippen LogP) is 7.04. The maximum Gasteiger partial charge on any atom is 0.338 e. The molecule has 0 radical (unpaired) electrons. The van der Waals surface area contributed by atoms with E-state index in [1.165, 1.54) is 57.8 Å². The molecule has 0 spiro atoms. The molecule has 0 aliphatic rings. The molecule has 0 aromatic heterocycles. The minimum absolute atomic E-state index is 0.220. The number of hydrogen-bond donors (Lipinski definition) is 1. The number of carbonyl (C=O) groups excluding carboxylic acids is 1. The van der Waals surface area contributed by atoms with Gasteiger partial charge in [0, 0.05) is 18.8 Å². The Hall–Kier alpha value is -1.67. The Bertz CT molecular complexity index is 640. The van der Waals surface area contributed by atoms with Gasteiger partial charge in [0.15, 0.2) is 0 Å². The highest BCUT2D eigenvalue weighted by molar-refractivity contribution is 5.89. The van der Waals surface area contributed by atoms with E-state index in [1.807, 2.05) is 12.1 Å². The summed E-state index contributed by atoms with van der Waals surface area (Å²) in [4.78, 5) is 12.1. The van der Waals surface area contributed by atoms with E-state index in [1.54, 1.807) is 12.1 Å². The number of unbranched alkanes of at least 4 members (excludes halogenated alkanes) is 10. The van der Waals surface area contributed by atoms with Crippen molar-refractivity contribution < 1.29 is 28.5 Å². The van der Waals surface area contributed by atoms with Crippen molar-refractivity contribution in [2.24, 2.45) is 0 Å². The standard InChI is InChI=1S/C31H55NO6/c1-3-5-7-8-9-10-11-12-13-14-20-34-21-22-35-23-24-36-25-26-37-27-28-38-31(33)29-15-17-30(18-16-29)32-19-6-4-2/h15-18,32H,3-14,19-28H2,1-2H3. The minimum atomic E-state index is -0.338. The molecule has 7 heteroatoms. The Labute approximate surface area is 232 Å². The number of benzene rings is 1. The van der Waals surface area contributed by atoms with Crippen LogP contribution >= 0.6 is 0 Å². The van der Waals surface area contributed by atoms with E-state index < -0.39 is 0 Å². The molecule has 1 N–H and O–H groups in total. The lowest BCUT2D eigenvalue weighted by molar-refractivity contribution is -0.00913. The molecule has 0 amide bonds. The van der Waals surface area contributed by atoms with Gasteiger partial charge in [0.05, 0.1) is 51.8 Å². The van der Waals surface area contributed by atoms with Crippen LogP contribution < -0.4 is 5.32 Å². The molecular formula is C31H55NO6. The lowest BCUT2D eigenvalue weighted by Gasteiger charge is -2.09. The molecule has 1 aromatic rings. The summed E-state index contributed by atoms with van der Waals surface area (Å²) in [5, 5.41) is 3.33. The van der Waals surface area contributed by atoms with Crippen molar-refractivity contribution in [3.8, 4) is 0 Å². The third kappa shape index (κ3) is 21.3. The molecular weight excluding hydrogens is 482 g/mol. The summed E-state index contributed by atoms with van der Waals surface area (Å²) < 4.78 is 27.4. The molecule has 220 valence electrons. The van der Waals surface area contributed by atoms with Crippen LogP contribution in [0.3, 0.4) is 0 Å². The highest BCUT2D eigenvalue weighted by Gasteiger charge is 2.06. The van der Waals surface area contributed by atoms with Gasteiger partial charge in [-0.25, -0.2) is 4.79 Å². The van der Waals surface area contributed by atoms with Gasteiger partial charge >= 0.3 is 5.97 Å². The molecule has 0 heterocycles. The zero-order valence-corrected chi connectivity index (χ0v) is 24.3. The minimum Gasteiger partial charge on any atom is -0.460 e. The first-order valence-electron chi connectivity index (χ1n) is 15.1. The SMILES string of the molecule is CCCCCCCCCCCCOCCOCCOCCOCCOC(=O)c1ccc(NCCCC)cc1. The summed E-state index contributed by atoms with van der Waals surface area (Å²) in [5.74, 6) is -0.338. The Morgan fingerprint density at radius 2 is 1.00 bits per heavy atom. The first-order valence-corrected chi connectivity index (χ1v) is 15.1. The first kappa shape index (κ1) is 34.4. The van der Waals surface area contributed by atoms with Gasteiger partial charge in [-0.15, -0.1) is 0 Å². The van der Waals surface area contributed by atoms with E-state index in [9.17, 15) is 4.79 Å². The monoisotopic (exact) mass is 537 g/mol. The van der Waals surface area contributed by atoms with Crippen LogP contribution in [0.15, 0.2) is 24.3 Å². The van der Waals surface area contributed by atoms with Crippen molar-refractivity contribution in [1.29, 1.82) is 0 Å². The number of rotatable bonds is 28. The van der Waals surface area contributed by atoms with Gasteiger partial charge in [0.1, 0.15) is 6.61 Å². The van der Waals surface area contributed by atoms with Crippen LogP contribution in [0.1, 0.15) is 101 Å². The van der Waals surface area contributed by atoms with Crippen LogP contribution in [0, 0.1) is 0 Å². The molecule has 38 heavy (non-hydrogen) atoms. The molecule has 0 unspecified atom stereocenters. The van der Waals surface area contributed by atoms with E-state index in [0.717, 1.165) is 38.1 Å². The van der Waals surface area contributed by atoms with Crippen LogP contribution in [0.25, 0.3) is 0 Å². The molecule has 0 fully saturated rings. The summed E-state index contributed by atoms with van der Waals surface area (Å²) in [7, 11) is 0. The lowest BCUT2D eigenvalue weighted by atomic mass is 10.1. The number of carbonyl (C=O) groups is 1. The summed E-state index contributed by atoms with van der Waals surface area (Å²) in [6, 6.07) is 7.35. The second-order valence-electron chi connectivity index (χ2n) is 9.63. The first-order chi connectivity index (χ1) is 18.8. The average molecular weight is 538 g/mol.